The van der Waals surface area contributed by atoms with E-state index in [0.717, 1.165) is 30.6 Å². The highest BCUT2D eigenvalue weighted by Gasteiger charge is 2.42. The van der Waals surface area contributed by atoms with Crippen molar-refractivity contribution in [2.24, 2.45) is 0 Å². The normalized spacial score (nSPS) is 17.0. The number of carboxylic acid groups (broad SMARTS) is 1. The number of imide groups is 1. The summed E-state index contributed by atoms with van der Waals surface area (Å²) in [7, 11) is 0. The number of hydrogen-bond donors (Lipinski definition) is 1. The number of carboxylic acids is 1. The molecule has 8 heteroatoms. The van der Waals surface area contributed by atoms with Crippen molar-refractivity contribution in [3.8, 4) is 11.5 Å². The summed E-state index contributed by atoms with van der Waals surface area (Å²) in [5, 5.41) is 9.49. The van der Waals surface area contributed by atoms with Gasteiger partial charge < -0.3 is 14.6 Å². The van der Waals surface area contributed by atoms with Gasteiger partial charge in [0.25, 0.3) is 11.8 Å². The molecule has 162 valence electrons. The summed E-state index contributed by atoms with van der Waals surface area (Å²) in [6.07, 6.45) is 5.35. The number of ether oxygens (including phenoxy) is 2. The van der Waals surface area contributed by atoms with E-state index < -0.39 is 30.2 Å². The molecule has 8 nitrogen and oxygen atoms in total. The molecule has 1 atom stereocenters. The number of hydrogen-bond acceptors (Lipinski definition) is 6. The lowest BCUT2D eigenvalue weighted by atomic mass is 10.0. The number of pyridine rings is 1. The highest BCUT2D eigenvalue weighted by atomic mass is 16.5. The maximum absolute atomic E-state index is 12.9. The van der Waals surface area contributed by atoms with Gasteiger partial charge in [0.1, 0.15) is 5.69 Å². The average molecular weight is 424 g/mol. The van der Waals surface area contributed by atoms with Crippen molar-refractivity contribution in [1.29, 1.82) is 0 Å². The summed E-state index contributed by atoms with van der Waals surface area (Å²) in [5.74, 6) is -1.23. The number of aromatic nitrogens is 1. The van der Waals surface area contributed by atoms with Gasteiger partial charge >= 0.3 is 5.97 Å². The second-order valence-corrected chi connectivity index (χ2v) is 7.66. The first kappa shape index (κ1) is 20.8. The van der Waals surface area contributed by atoms with Gasteiger partial charge in [0.05, 0.1) is 30.7 Å². The van der Waals surface area contributed by atoms with Gasteiger partial charge in [-0.1, -0.05) is 6.07 Å². The van der Waals surface area contributed by atoms with Crippen molar-refractivity contribution in [2.45, 2.75) is 51.2 Å². The quantitative estimate of drug-likeness (QED) is 0.645. The molecule has 1 aliphatic heterocycles. The number of nitrogens with zero attached hydrogens (tertiary/aromatic N) is 2. The molecule has 1 aliphatic carbocycles. The molecule has 2 aromatic rings. The fraction of sp³-hybridized carbons (Fsp3) is 0.391. The Hall–Kier alpha value is -3.42. The molecule has 1 aromatic carbocycles. The lowest BCUT2D eigenvalue weighted by Crippen LogP contribution is -2.35. The van der Waals surface area contributed by atoms with Crippen LogP contribution in [0.5, 0.6) is 11.5 Å². The zero-order chi connectivity index (χ0) is 22.0. The maximum Gasteiger partial charge on any atom is 0.305 e. The molecule has 1 unspecified atom stereocenters. The second kappa shape index (κ2) is 8.75. The lowest BCUT2D eigenvalue weighted by molar-refractivity contribution is -0.138. The van der Waals surface area contributed by atoms with Crippen LogP contribution in [0.3, 0.4) is 0 Å². The van der Waals surface area contributed by atoms with Crippen LogP contribution in [-0.4, -0.2) is 45.5 Å². The van der Waals surface area contributed by atoms with E-state index in [9.17, 15) is 19.5 Å². The number of amides is 2. The Kier molecular flexibility index (Phi) is 5.88. The van der Waals surface area contributed by atoms with Gasteiger partial charge in [-0.3, -0.25) is 24.3 Å². The van der Waals surface area contributed by atoms with Crippen molar-refractivity contribution in [2.75, 3.05) is 6.61 Å². The van der Waals surface area contributed by atoms with E-state index >= 15 is 0 Å². The van der Waals surface area contributed by atoms with Crippen molar-refractivity contribution >= 4 is 17.8 Å². The summed E-state index contributed by atoms with van der Waals surface area (Å²) in [6.45, 7) is 2.24. The van der Waals surface area contributed by atoms with Gasteiger partial charge in [-0.15, -0.1) is 0 Å². The fourth-order valence-corrected chi connectivity index (χ4v) is 4.17. The molecule has 0 saturated heterocycles. The molecule has 0 spiro atoms. The highest BCUT2D eigenvalue weighted by molar-refractivity contribution is 6.20. The first-order valence-electron chi connectivity index (χ1n) is 10.5. The molecule has 1 fully saturated rings. The zero-order valence-corrected chi connectivity index (χ0v) is 17.2. The van der Waals surface area contributed by atoms with Crippen LogP contribution in [0.4, 0.5) is 0 Å². The van der Waals surface area contributed by atoms with Crippen molar-refractivity contribution in [1.82, 2.24) is 9.88 Å². The molecule has 0 radical (unpaired) electrons. The summed E-state index contributed by atoms with van der Waals surface area (Å²) < 4.78 is 11.8. The fourth-order valence-electron chi connectivity index (χ4n) is 4.17. The topological polar surface area (TPSA) is 106 Å². The summed E-state index contributed by atoms with van der Waals surface area (Å²) >= 11 is 0. The Bertz CT molecular complexity index is 980. The highest BCUT2D eigenvalue weighted by Crippen LogP contribution is 2.38. The van der Waals surface area contributed by atoms with Crippen molar-refractivity contribution < 1.29 is 29.0 Å². The summed E-state index contributed by atoms with van der Waals surface area (Å²) in [4.78, 5) is 42.4. The Labute approximate surface area is 179 Å². The first-order valence-corrected chi connectivity index (χ1v) is 10.5. The van der Waals surface area contributed by atoms with Gasteiger partial charge in [0.2, 0.25) is 0 Å². The molecular weight excluding hydrogens is 400 g/mol. The number of carbonyl (C=O) groups excluding carboxylic acids is 2. The minimum atomic E-state index is -1.13. The van der Waals surface area contributed by atoms with Crippen LogP contribution >= 0.6 is 0 Å². The van der Waals surface area contributed by atoms with Crippen molar-refractivity contribution in [3.05, 3.63) is 53.3 Å². The van der Waals surface area contributed by atoms with Gasteiger partial charge in [-0.05, 0) is 62.4 Å². The van der Waals surface area contributed by atoms with Gasteiger partial charge in [-0.25, -0.2) is 0 Å². The van der Waals surface area contributed by atoms with Crippen LogP contribution in [-0.2, 0) is 4.79 Å². The van der Waals surface area contributed by atoms with E-state index in [4.69, 9.17) is 9.47 Å². The van der Waals surface area contributed by atoms with Crippen LogP contribution in [0.15, 0.2) is 36.5 Å². The number of rotatable bonds is 8. The van der Waals surface area contributed by atoms with E-state index in [-0.39, 0.29) is 17.4 Å². The van der Waals surface area contributed by atoms with Gasteiger partial charge in [0, 0.05) is 6.20 Å². The molecule has 2 amide bonds. The Balaban J connectivity index is 1.69. The average Bonchev–Trinajstić information content (AvgIpc) is 3.35. The van der Waals surface area contributed by atoms with Crippen molar-refractivity contribution in [3.63, 3.8) is 0 Å². The predicted octanol–water partition coefficient (Wildman–Crippen LogP) is 3.61. The minimum absolute atomic E-state index is 0.0362. The molecule has 0 bridgehead atoms. The molecule has 2 heterocycles. The molecule has 1 aromatic heterocycles. The smallest absolute Gasteiger partial charge is 0.305 e. The Morgan fingerprint density at radius 3 is 2.65 bits per heavy atom. The minimum Gasteiger partial charge on any atom is -0.490 e. The molecule has 4 rings (SSSR count). The van der Waals surface area contributed by atoms with E-state index in [0.29, 0.717) is 23.7 Å². The van der Waals surface area contributed by atoms with Crippen LogP contribution < -0.4 is 9.47 Å². The van der Waals surface area contributed by atoms with Crippen LogP contribution in [0.1, 0.15) is 71.5 Å². The third-order valence-electron chi connectivity index (χ3n) is 5.61. The molecular formula is C23H24N2O6. The third-order valence-corrected chi connectivity index (χ3v) is 5.61. The van der Waals surface area contributed by atoms with Gasteiger partial charge in [-0.2, -0.15) is 0 Å². The third kappa shape index (κ3) is 4.10. The van der Waals surface area contributed by atoms with Crippen LogP contribution in [0, 0.1) is 0 Å². The number of benzene rings is 1. The monoisotopic (exact) mass is 424 g/mol. The SMILES string of the molecule is CCOc1cc(C(CC(=O)O)N2C(=O)c3cccnc3C2=O)ccc1OC1CCCC1. The number of aliphatic carboxylic acids is 1. The summed E-state index contributed by atoms with van der Waals surface area (Å²) in [5.41, 5.74) is 0.697. The molecule has 1 saturated carbocycles. The number of carbonyl (C=O) groups is 3. The molecule has 31 heavy (non-hydrogen) atoms. The van der Waals surface area contributed by atoms with E-state index in [2.05, 4.69) is 4.98 Å². The van der Waals surface area contributed by atoms with Crippen LogP contribution in [0.25, 0.3) is 0 Å². The Morgan fingerprint density at radius 2 is 1.97 bits per heavy atom. The second-order valence-electron chi connectivity index (χ2n) is 7.66. The van der Waals surface area contributed by atoms with E-state index in [1.165, 1.54) is 12.3 Å². The largest absolute Gasteiger partial charge is 0.490 e. The summed E-state index contributed by atoms with van der Waals surface area (Å²) in [6, 6.07) is 7.18. The molecule has 2 aliphatic rings. The standard InChI is InChI=1S/C23H24N2O6/c1-2-30-19-12-14(9-10-18(19)31-15-6-3-4-7-15)17(13-20(26)27)25-22(28)16-8-5-11-24-21(16)23(25)29/h5,8-12,15,17H,2-4,6-7,13H2,1H3,(H,26,27). The predicted molar refractivity (Wildman–Crippen MR) is 110 cm³/mol. The van der Waals surface area contributed by atoms with E-state index in [1.807, 2.05) is 6.92 Å². The van der Waals surface area contributed by atoms with Gasteiger partial charge in [0.15, 0.2) is 11.5 Å². The zero-order valence-electron chi connectivity index (χ0n) is 17.2. The van der Waals surface area contributed by atoms with Crippen LogP contribution in [0.2, 0.25) is 0 Å². The Morgan fingerprint density at radius 1 is 1.19 bits per heavy atom. The molecule has 1 N–H and O–H groups in total. The lowest BCUT2D eigenvalue weighted by Gasteiger charge is -2.26. The first-order chi connectivity index (χ1) is 15.0. The maximum atomic E-state index is 12.9. The van der Waals surface area contributed by atoms with E-state index in [1.54, 1.807) is 24.3 Å². The number of fused-ring (bicyclic) bond motifs is 1.